The number of nitro groups is 1. The van der Waals surface area contributed by atoms with Gasteiger partial charge in [-0.25, -0.2) is 13.1 Å². The average molecular weight is 286 g/mol. The van der Waals surface area contributed by atoms with E-state index >= 15 is 0 Å². The Labute approximate surface area is 113 Å². The Hall–Kier alpha value is -1.47. The summed E-state index contributed by atoms with van der Waals surface area (Å²) < 4.78 is 25.8. The summed E-state index contributed by atoms with van der Waals surface area (Å²) in [5, 5.41) is 10.4. The average Bonchev–Trinajstić information content (AvgIpc) is 2.35. The van der Waals surface area contributed by atoms with Crippen LogP contribution in [0.1, 0.15) is 32.3 Å². The van der Waals surface area contributed by atoms with Crippen LogP contribution in [0.2, 0.25) is 0 Å². The van der Waals surface area contributed by atoms with Gasteiger partial charge in [-0.15, -0.1) is 0 Å². The van der Waals surface area contributed by atoms with Gasteiger partial charge in [0.1, 0.15) is 0 Å². The van der Waals surface area contributed by atoms with Gasteiger partial charge in [0.05, 0.1) is 10.2 Å². The molecule has 1 N–H and O–H groups in total. The fraction of sp³-hybridized carbons (Fsp3) is 0.500. The molecule has 0 amide bonds. The first-order valence-electron chi connectivity index (χ1n) is 5.97. The molecular weight excluding hydrogens is 268 g/mol. The third kappa shape index (κ3) is 4.00. The molecule has 0 aromatic heterocycles. The molecule has 0 saturated heterocycles. The van der Waals surface area contributed by atoms with Crippen molar-refractivity contribution in [1.82, 2.24) is 4.72 Å². The lowest BCUT2D eigenvalue weighted by Crippen LogP contribution is -2.33. The van der Waals surface area contributed by atoms with Gasteiger partial charge in [-0.05, 0) is 13.8 Å². The Kier molecular flexibility index (Phi) is 5.02. The molecule has 106 valence electrons. The molecular formula is C12H18N2O4S. The lowest BCUT2D eigenvalue weighted by Gasteiger charge is -2.15. The van der Waals surface area contributed by atoms with Crippen molar-refractivity contribution in [3.8, 4) is 0 Å². The lowest BCUT2D eigenvalue weighted by molar-refractivity contribution is -0.385. The van der Waals surface area contributed by atoms with Crippen LogP contribution in [0.3, 0.4) is 0 Å². The zero-order valence-electron chi connectivity index (χ0n) is 11.2. The topological polar surface area (TPSA) is 89.3 Å². The van der Waals surface area contributed by atoms with Crippen LogP contribution in [-0.4, -0.2) is 25.1 Å². The van der Waals surface area contributed by atoms with Crippen molar-refractivity contribution in [1.29, 1.82) is 0 Å². The smallest absolute Gasteiger partial charge is 0.258 e. The van der Waals surface area contributed by atoms with Crippen molar-refractivity contribution >= 4 is 15.7 Å². The molecule has 0 aliphatic heterocycles. The zero-order chi connectivity index (χ0) is 14.6. The number of para-hydroxylation sites is 1. The Morgan fingerprint density at radius 3 is 2.37 bits per heavy atom. The van der Waals surface area contributed by atoms with Gasteiger partial charge in [0.2, 0.25) is 10.0 Å². The molecule has 1 rings (SSSR count). The Bertz CT molecular complexity index is 555. The van der Waals surface area contributed by atoms with E-state index in [1.54, 1.807) is 39.0 Å². The van der Waals surface area contributed by atoms with Gasteiger partial charge in [-0.2, -0.15) is 0 Å². The van der Waals surface area contributed by atoms with Crippen LogP contribution >= 0.6 is 0 Å². The highest BCUT2D eigenvalue weighted by atomic mass is 32.2. The molecule has 0 aliphatic carbocycles. The number of hydrogen-bond donors (Lipinski definition) is 1. The predicted molar refractivity (Wildman–Crippen MR) is 73.6 cm³/mol. The van der Waals surface area contributed by atoms with E-state index in [9.17, 15) is 18.5 Å². The van der Waals surface area contributed by atoms with Gasteiger partial charge in [0, 0.05) is 24.1 Å². The van der Waals surface area contributed by atoms with E-state index < -0.39 is 20.2 Å². The van der Waals surface area contributed by atoms with Crippen molar-refractivity contribution in [2.45, 2.75) is 31.9 Å². The summed E-state index contributed by atoms with van der Waals surface area (Å²) >= 11 is 0. The van der Waals surface area contributed by atoms with Gasteiger partial charge < -0.3 is 0 Å². The van der Waals surface area contributed by atoms with Crippen LogP contribution in [-0.2, 0) is 10.0 Å². The van der Waals surface area contributed by atoms with Crippen LogP contribution in [0.15, 0.2) is 24.3 Å². The van der Waals surface area contributed by atoms with Gasteiger partial charge in [-0.3, -0.25) is 10.1 Å². The molecule has 19 heavy (non-hydrogen) atoms. The van der Waals surface area contributed by atoms with Crippen molar-refractivity contribution < 1.29 is 13.3 Å². The maximum Gasteiger partial charge on any atom is 0.272 e. The summed E-state index contributed by atoms with van der Waals surface area (Å²) in [5.41, 5.74) is 0.540. The minimum atomic E-state index is -3.35. The van der Waals surface area contributed by atoms with Gasteiger partial charge >= 0.3 is 0 Å². The first-order valence-corrected chi connectivity index (χ1v) is 7.52. The zero-order valence-corrected chi connectivity index (χ0v) is 12.0. The third-order valence-corrected chi connectivity index (χ3v) is 4.69. The minimum absolute atomic E-state index is 0.0127. The summed E-state index contributed by atoms with van der Waals surface area (Å²) in [5.74, 6) is -0.268. The quantitative estimate of drug-likeness (QED) is 0.640. The number of nitrogens with one attached hydrogen (secondary N) is 1. The highest BCUT2D eigenvalue weighted by molar-refractivity contribution is 7.90. The van der Waals surface area contributed by atoms with Crippen molar-refractivity contribution in [2.75, 3.05) is 6.54 Å². The van der Waals surface area contributed by atoms with Gasteiger partial charge in [0.15, 0.2) is 0 Å². The van der Waals surface area contributed by atoms with Crippen LogP contribution < -0.4 is 4.72 Å². The molecule has 6 nitrogen and oxygen atoms in total. The number of rotatable bonds is 6. The molecule has 7 heteroatoms. The van der Waals surface area contributed by atoms with E-state index in [2.05, 4.69) is 4.72 Å². The molecule has 0 bridgehead atoms. The molecule has 1 aromatic carbocycles. The molecule has 0 saturated carbocycles. The van der Waals surface area contributed by atoms with Crippen LogP contribution in [0.25, 0.3) is 0 Å². The van der Waals surface area contributed by atoms with E-state index in [-0.39, 0.29) is 18.2 Å². The van der Waals surface area contributed by atoms with Crippen LogP contribution in [0, 0.1) is 10.1 Å². The molecule has 0 heterocycles. The minimum Gasteiger partial charge on any atom is -0.258 e. The number of benzene rings is 1. The molecule has 0 radical (unpaired) electrons. The number of hydrogen-bond acceptors (Lipinski definition) is 4. The monoisotopic (exact) mass is 286 g/mol. The Balaban J connectivity index is 2.85. The Morgan fingerprint density at radius 1 is 1.26 bits per heavy atom. The summed E-state index contributed by atoms with van der Waals surface area (Å²) in [6.07, 6.45) is 0. The largest absolute Gasteiger partial charge is 0.272 e. The number of sulfonamides is 1. The lowest BCUT2D eigenvalue weighted by atomic mass is 10.00. The van der Waals surface area contributed by atoms with E-state index in [0.717, 1.165) is 0 Å². The maximum absolute atomic E-state index is 11.6. The fourth-order valence-electron chi connectivity index (χ4n) is 1.59. The van der Waals surface area contributed by atoms with Crippen LogP contribution in [0.5, 0.6) is 0 Å². The SMILES string of the molecule is CC(CNS(=O)(=O)C(C)C)c1ccccc1[N+](=O)[O-]. The highest BCUT2D eigenvalue weighted by Gasteiger charge is 2.21. The first kappa shape index (κ1) is 15.6. The number of nitrogens with zero attached hydrogens (tertiary/aromatic N) is 1. The molecule has 0 aliphatic rings. The maximum atomic E-state index is 11.6. The van der Waals surface area contributed by atoms with Crippen molar-refractivity contribution in [3.63, 3.8) is 0 Å². The molecule has 1 unspecified atom stereocenters. The Morgan fingerprint density at radius 2 is 1.84 bits per heavy atom. The summed E-state index contributed by atoms with van der Waals surface area (Å²) in [6, 6.07) is 6.36. The summed E-state index contributed by atoms with van der Waals surface area (Å²) in [4.78, 5) is 10.4. The second-order valence-electron chi connectivity index (χ2n) is 4.66. The second kappa shape index (κ2) is 6.12. The fourth-order valence-corrected chi connectivity index (χ4v) is 2.40. The first-order chi connectivity index (χ1) is 8.75. The van der Waals surface area contributed by atoms with Crippen molar-refractivity contribution in [3.05, 3.63) is 39.9 Å². The standard InChI is InChI=1S/C12H18N2O4S/c1-9(2)19(17,18)13-8-10(3)11-6-4-5-7-12(11)14(15)16/h4-7,9-10,13H,8H2,1-3H3. The van der Waals surface area contributed by atoms with Gasteiger partial charge in [0.25, 0.3) is 5.69 Å². The highest BCUT2D eigenvalue weighted by Crippen LogP contribution is 2.25. The molecule has 0 spiro atoms. The van der Waals surface area contributed by atoms with E-state index in [4.69, 9.17) is 0 Å². The third-order valence-electron chi connectivity index (χ3n) is 2.88. The molecule has 0 fully saturated rings. The molecule has 1 atom stereocenters. The second-order valence-corrected chi connectivity index (χ2v) is 6.98. The summed E-state index contributed by atoms with van der Waals surface area (Å²) in [7, 11) is -3.35. The summed E-state index contributed by atoms with van der Waals surface area (Å²) in [6.45, 7) is 5.06. The van der Waals surface area contributed by atoms with Gasteiger partial charge in [-0.1, -0.05) is 25.1 Å². The van der Waals surface area contributed by atoms with Crippen molar-refractivity contribution in [2.24, 2.45) is 0 Å². The molecule has 1 aromatic rings. The van der Waals surface area contributed by atoms with Crippen LogP contribution in [0.4, 0.5) is 5.69 Å². The van der Waals surface area contributed by atoms with E-state index in [0.29, 0.717) is 5.56 Å². The predicted octanol–water partition coefficient (Wildman–Crippen LogP) is 2.03. The normalized spacial score (nSPS) is 13.5. The van der Waals surface area contributed by atoms with E-state index in [1.165, 1.54) is 6.07 Å². The van der Waals surface area contributed by atoms with E-state index in [1.807, 2.05) is 0 Å². The number of nitro benzene ring substituents is 1.